The van der Waals surface area contributed by atoms with Crippen molar-refractivity contribution in [2.24, 2.45) is 0 Å². The first-order chi connectivity index (χ1) is 13.2. The summed E-state index contributed by atoms with van der Waals surface area (Å²) in [6, 6.07) is 8.72. The summed E-state index contributed by atoms with van der Waals surface area (Å²) in [6.07, 6.45) is -2.76. The van der Waals surface area contributed by atoms with Gasteiger partial charge in [-0.15, -0.1) is 0 Å². The highest BCUT2D eigenvalue weighted by atomic mass is 19.4. The summed E-state index contributed by atoms with van der Waals surface area (Å²) in [4.78, 5) is 32.6. The van der Waals surface area contributed by atoms with Crippen molar-refractivity contribution in [1.29, 1.82) is 0 Å². The molecule has 144 valence electrons. The van der Waals surface area contributed by atoms with Crippen LogP contribution in [0.15, 0.2) is 54.9 Å². The summed E-state index contributed by atoms with van der Waals surface area (Å²) in [5.74, 6) is -1.52. The van der Waals surface area contributed by atoms with Gasteiger partial charge < -0.3 is 10.1 Å². The van der Waals surface area contributed by atoms with Gasteiger partial charge in [-0.2, -0.15) is 13.2 Å². The van der Waals surface area contributed by atoms with Crippen LogP contribution >= 0.6 is 0 Å². The Balaban J connectivity index is 1.67. The quantitative estimate of drug-likeness (QED) is 0.686. The second-order valence-corrected chi connectivity index (χ2v) is 5.88. The van der Waals surface area contributed by atoms with Crippen molar-refractivity contribution in [1.82, 2.24) is 9.97 Å². The lowest BCUT2D eigenvalue weighted by atomic mass is 10.2. The molecule has 0 unspecified atom stereocenters. The molecule has 0 aliphatic rings. The summed E-state index contributed by atoms with van der Waals surface area (Å²) in [5, 5.41) is 2.30. The molecule has 9 heteroatoms. The molecule has 0 fully saturated rings. The average molecular weight is 389 g/mol. The molecule has 0 spiro atoms. The van der Waals surface area contributed by atoms with Gasteiger partial charge in [0.05, 0.1) is 22.2 Å². The Bertz CT molecular complexity index is 1040. The predicted molar refractivity (Wildman–Crippen MR) is 94.5 cm³/mol. The van der Waals surface area contributed by atoms with E-state index in [1.54, 1.807) is 6.07 Å². The number of ether oxygens (including phenoxy) is 1. The minimum Gasteiger partial charge on any atom is -0.449 e. The van der Waals surface area contributed by atoms with Crippen molar-refractivity contribution in [3.63, 3.8) is 0 Å². The van der Waals surface area contributed by atoms with E-state index in [0.717, 1.165) is 12.1 Å². The van der Waals surface area contributed by atoms with E-state index in [1.807, 2.05) is 0 Å². The Morgan fingerprint density at radius 2 is 1.75 bits per heavy atom. The fourth-order valence-electron chi connectivity index (χ4n) is 2.39. The van der Waals surface area contributed by atoms with Gasteiger partial charge in [0.2, 0.25) is 0 Å². The van der Waals surface area contributed by atoms with E-state index in [1.165, 1.54) is 43.6 Å². The van der Waals surface area contributed by atoms with Gasteiger partial charge in [-0.3, -0.25) is 14.8 Å². The second kappa shape index (κ2) is 7.63. The minimum atomic E-state index is -4.53. The first kappa shape index (κ1) is 19.3. The summed E-state index contributed by atoms with van der Waals surface area (Å²) in [7, 11) is 0. The Morgan fingerprint density at radius 1 is 1.04 bits per heavy atom. The van der Waals surface area contributed by atoms with Crippen LogP contribution in [0.3, 0.4) is 0 Å². The standard InChI is InChI=1S/C19H14F3N3O3/c1-11(17(26)25-14-4-2-3-13(10-14)19(20,21)22)28-18(27)12-5-6-15-16(9-12)24-8-7-23-15/h2-11H,1H3,(H,25,26)/t11-/m0/s1. The molecule has 0 radical (unpaired) electrons. The highest BCUT2D eigenvalue weighted by Crippen LogP contribution is 2.30. The van der Waals surface area contributed by atoms with E-state index < -0.39 is 29.7 Å². The Hall–Kier alpha value is -3.49. The number of hydrogen-bond acceptors (Lipinski definition) is 5. The van der Waals surface area contributed by atoms with Crippen LogP contribution in [-0.4, -0.2) is 27.9 Å². The number of nitrogens with one attached hydrogen (secondary N) is 1. The van der Waals surface area contributed by atoms with Crippen molar-refractivity contribution in [3.05, 3.63) is 66.0 Å². The summed E-state index contributed by atoms with van der Waals surface area (Å²) < 4.78 is 43.3. The zero-order chi connectivity index (χ0) is 20.3. The van der Waals surface area contributed by atoms with Gasteiger partial charge in [0.25, 0.3) is 5.91 Å². The maximum Gasteiger partial charge on any atom is 0.416 e. The number of amides is 1. The van der Waals surface area contributed by atoms with Crippen molar-refractivity contribution in [2.75, 3.05) is 5.32 Å². The molecule has 1 amide bonds. The number of fused-ring (bicyclic) bond motifs is 1. The van der Waals surface area contributed by atoms with Crippen LogP contribution in [0.4, 0.5) is 18.9 Å². The molecule has 0 aliphatic carbocycles. The van der Waals surface area contributed by atoms with Crippen LogP contribution in [0.25, 0.3) is 11.0 Å². The third-order valence-corrected chi connectivity index (χ3v) is 3.82. The van der Waals surface area contributed by atoms with Gasteiger partial charge in [-0.1, -0.05) is 6.07 Å². The van der Waals surface area contributed by atoms with Gasteiger partial charge in [-0.05, 0) is 43.3 Å². The third-order valence-electron chi connectivity index (χ3n) is 3.82. The van der Waals surface area contributed by atoms with Crippen molar-refractivity contribution in [2.45, 2.75) is 19.2 Å². The number of benzene rings is 2. The number of aromatic nitrogens is 2. The molecule has 0 bridgehead atoms. The first-order valence-corrected chi connectivity index (χ1v) is 8.14. The Morgan fingerprint density at radius 3 is 2.46 bits per heavy atom. The number of rotatable bonds is 4. The van der Waals surface area contributed by atoms with Crippen LogP contribution in [0.1, 0.15) is 22.8 Å². The highest BCUT2D eigenvalue weighted by molar-refractivity contribution is 5.98. The number of alkyl halides is 3. The van der Waals surface area contributed by atoms with E-state index in [0.29, 0.717) is 11.0 Å². The molecule has 1 aromatic heterocycles. The van der Waals surface area contributed by atoms with Crippen LogP contribution in [-0.2, 0) is 15.7 Å². The van der Waals surface area contributed by atoms with Gasteiger partial charge >= 0.3 is 12.1 Å². The van der Waals surface area contributed by atoms with E-state index >= 15 is 0 Å². The van der Waals surface area contributed by atoms with Crippen LogP contribution in [0.5, 0.6) is 0 Å². The number of carbonyl (C=O) groups excluding carboxylic acids is 2. The van der Waals surface area contributed by atoms with Crippen LogP contribution < -0.4 is 5.32 Å². The Kier molecular flexibility index (Phi) is 5.25. The molecule has 3 rings (SSSR count). The second-order valence-electron chi connectivity index (χ2n) is 5.88. The molecule has 1 N–H and O–H groups in total. The van der Waals surface area contributed by atoms with Crippen LogP contribution in [0, 0.1) is 0 Å². The SMILES string of the molecule is C[C@H](OC(=O)c1ccc2nccnc2c1)C(=O)Nc1cccc(C(F)(F)F)c1. The summed E-state index contributed by atoms with van der Waals surface area (Å²) >= 11 is 0. The highest BCUT2D eigenvalue weighted by Gasteiger charge is 2.30. The lowest BCUT2D eigenvalue weighted by molar-refractivity contribution is -0.137. The Labute approximate surface area is 157 Å². The molecule has 28 heavy (non-hydrogen) atoms. The molecule has 6 nitrogen and oxygen atoms in total. The molecule has 0 aliphatic heterocycles. The summed E-state index contributed by atoms with van der Waals surface area (Å²) in [6.45, 7) is 1.32. The third kappa shape index (κ3) is 4.43. The number of carbonyl (C=O) groups is 2. The van der Waals surface area contributed by atoms with Crippen LogP contribution in [0.2, 0.25) is 0 Å². The molecule has 1 atom stereocenters. The molecule has 3 aromatic rings. The van der Waals surface area contributed by atoms with Gasteiger partial charge in [0.15, 0.2) is 6.10 Å². The van der Waals surface area contributed by atoms with Gasteiger partial charge in [-0.25, -0.2) is 4.79 Å². The molecule has 0 saturated carbocycles. The smallest absolute Gasteiger partial charge is 0.416 e. The molecule has 0 saturated heterocycles. The number of halogens is 3. The zero-order valence-corrected chi connectivity index (χ0v) is 14.5. The number of esters is 1. The monoisotopic (exact) mass is 389 g/mol. The molecular formula is C19H14F3N3O3. The predicted octanol–water partition coefficient (Wildman–Crippen LogP) is 3.83. The van der Waals surface area contributed by atoms with Crippen molar-refractivity contribution >= 4 is 28.6 Å². The fourth-order valence-corrected chi connectivity index (χ4v) is 2.39. The maximum atomic E-state index is 12.7. The topological polar surface area (TPSA) is 81.2 Å². The largest absolute Gasteiger partial charge is 0.449 e. The lowest BCUT2D eigenvalue weighted by Gasteiger charge is -2.14. The number of nitrogens with zero attached hydrogens (tertiary/aromatic N) is 2. The van der Waals surface area contributed by atoms with E-state index in [2.05, 4.69) is 15.3 Å². The molecule has 1 heterocycles. The van der Waals surface area contributed by atoms with Gasteiger partial charge in [0.1, 0.15) is 0 Å². The van der Waals surface area contributed by atoms with Crippen molar-refractivity contribution in [3.8, 4) is 0 Å². The maximum absolute atomic E-state index is 12.7. The average Bonchev–Trinajstić information content (AvgIpc) is 2.67. The fraction of sp³-hybridized carbons (Fsp3) is 0.158. The normalized spacial score (nSPS) is 12.4. The number of hydrogen-bond donors (Lipinski definition) is 1. The molecular weight excluding hydrogens is 375 g/mol. The lowest BCUT2D eigenvalue weighted by Crippen LogP contribution is -2.30. The van der Waals surface area contributed by atoms with E-state index in [9.17, 15) is 22.8 Å². The van der Waals surface area contributed by atoms with E-state index in [-0.39, 0.29) is 11.3 Å². The minimum absolute atomic E-state index is 0.0521. The summed E-state index contributed by atoms with van der Waals surface area (Å²) in [5.41, 5.74) is 0.301. The first-order valence-electron chi connectivity index (χ1n) is 8.14. The van der Waals surface area contributed by atoms with Crippen molar-refractivity contribution < 1.29 is 27.5 Å². The van der Waals surface area contributed by atoms with Gasteiger partial charge in [0, 0.05) is 18.1 Å². The molecule has 2 aromatic carbocycles. The number of anilines is 1. The zero-order valence-electron chi connectivity index (χ0n) is 14.5. The van der Waals surface area contributed by atoms with E-state index in [4.69, 9.17) is 4.74 Å².